The number of likely N-dealkylation sites (tertiary alicyclic amines) is 1. The Morgan fingerprint density at radius 1 is 1.14 bits per heavy atom. The van der Waals surface area contributed by atoms with Gasteiger partial charge < -0.3 is 26.0 Å². The summed E-state index contributed by atoms with van der Waals surface area (Å²) in [6.45, 7) is 4.17. The number of para-hydroxylation sites is 1. The molecule has 200 valence electrons. The average Bonchev–Trinajstić information content (AvgIpc) is 3.18. The lowest BCUT2D eigenvalue weighted by molar-refractivity contribution is -0.140. The fourth-order valence-corrected chi connectivity index (χ4v) is 6.77. The van der Waals surface area contributed by atoms with Crippen LogP contribution in [0.1, 0.15) is 37.8 Å². The lowest BCUT2D eigenvalue weighted by Gasteiger charge is -2.43. The molecule has 10 heteroatoms. The fraction of sp³-hybridized carbons (Fsp3) is 0.481. The quantitative estimate of drug-likeness (QED) is 0.476. The Kier molecular flexibility index (Phi) is 7.64. The lowest BCUT2D eigenvalue weighted by atomic mass is 9.74. The van der Waals surface area contributed by atoms with Gasteiger partial charge in [0.15, 0.2) is 9.84 Å². The summed E-state index contributed by atoms with van der Waals surface area (Å²) in [5, 5.41) is 5.21. The number of fused-ring (bicyclic) bond motifs is 2. The number of benzene rings is 2. The second-order valence-electron chi connectivity index (χ2n) is 10.6. The highest BCUT2D eigenvalue weighted by Crippen LogP contribution is 2.49. The van der Waals surface area contributed by atoms with Crippen molar-refractivity contribution in [1.29, 1.82) is 0 Å². The molecule has 2 aliphatic heterocycles. The Bertz CT molecular complexity index is 1230. The molecular formula is C27H36N4O5S. The minimum absolute atomic E-state index is 0.00641. The molecule has 0 bridgehead atoms. The van der Waals surface area contributed by atoms with Crippen molar-refractivity contribution in [1.82, 2.24) is 10.2 Å². The maximum absolute atomic E-state index is 13.6. The van der Waals surface area contributed by atoms with Gasteiger partial charge in [0.2, 0.25) is 11.8 Å². The zero-order valence-electron chi connectivity index (χ0n) is 21.6. The molecule has 37 heavy (non-hydrogen) atoms. The number of rotatable bonds is 8. The van der Waals surface area contributed by atoms with Crippen LogP contribution in [0.15, 0.2) is 54.6 Å². The zero-order valence-corrected chi connectivity index (χ0v) is 22.4. The van der Waals surface area contributed by atoms with Crippen LogP contribution in [0, 0.1) is 0 Å². The highest BCUT2D eigenvalue weighted by Gasteiger charge is 2.53. The number of hydrogen-bond acceptors (Lipinski definition) is 7. The summed E-state index contributed by atoms with van der Waals surface area (Å²) in [5.74, 6) is -0.718. The number of nitrogens with zero attached hydrogens (tertiary/aromatic N) is 1. The van der Waals surface area contributed by atoms with Crippen LogP contribution in [-0.2, 0) is 36.2 Å². The van der Waals surface area contributed by atoms with Crippen molar-refractivity contribution in [2.24, 2.45) is 5.73 Å². The number of nitrogens with two attached hydrogens (primary N) is 1. The molecule has 1 unspecified atom stereocenters. The number of anilines is 1. The van der Waals surface area contributed by atoms with Gasteiger partial charge in [-0.15, -0.1) is 0 Å². The molecule has 4 N–H and O–H groups in total. The second-order valence-corrected chi connectivity index (χ2v) is 12.8. The predicted molar refractivity (Wildman–Crippen MR) is 142 cm³/mol. The standard InChI is InChI=1S/C27H36N4O5S/c1-26(2,28)24(33)29-22(18-36-17-19-9-5-4-6-10-19)23(32)31-15-13-27(14-16-31)20-11-7-8-12-21(20)30-25(27)37(3,34)35/h4-12,22,25,30H,13-18,28H2,1-3H3,(H,29,33)/t22?,25-/m1/s1. The first-order chi connectivity index (χ1) is 17.4. The van der Waals surface area contributed by atoms with Crippen LogP contribution in [0.25, 0.3) is 0 Å². The van der Waals surface area contributed by atoms with Crippen molar-refractivity contribution >= 4 is 27.3 Å². The van der Waals surface area contributed by atoms with Crippen LogP contribution in [0.3, 0.4) is 0 Å². The molecule has 1 spiro atoms. The molecule has 0 aromatic heterocycles. The van der Waals surface area contributed by atoms with E-state index < -0.39 is 38.1 Å². The highest BCUT2D eigenvalue weighted by molar-refractivity contribution is 7.91. The third-order valence-corrected chi connectivity index (χ3v) is 8.66. The maximum atomic E-state index is 13.6. The molecule has 2 amide bonds. The number of nitrogens with one attached hydrogen (secondary N) is 2. The first-order valence-corrected chi connectivity index (χ1v) is 14.4. The van der Waals surface area contributed by atoms with Gasteiger partial charge in [0.05, 0.1) is 18.8 Å². The van der Waals surface area contributed by atoms with Crippen LogP contribution in [0.4, 0.5) is 5.69 Å². The van der Waals surface area contributed by atoms with E-state index in [1.807, 2.05) is 54.6 Å². The number of sulfone groups is 1. The Labute approximate surface area is 218 Å². The summed E-state index contributed by atoms with van der Waals surface area (Å²) < 4.78 is 31.3. The van der Waals surface area contributed by atoms with Gasteiger partial charge in [-0.05, 0) is 43.9 Å². The SMILES string of the molecule is CC(C)(N)C(=O)NC(COCc1ccccc1)C(=O)N1CCC2(CC1)c1ccccc1N[C@@H]2S(C)(=O)=O. The largest absolute Gasteiger partial charge is 0.374 e. The van der Waals surface area contributed by atoms with Crippen molar-refractivity contribution in [3.63, 3.8) is 0 Å². The van der Waals surface area contributed by atoms with Gasteiger partial charge in [-0.3, -0.25) is 9.59 Å². The van der Waals surface area contributed by atoms with Gasteiger partial charge in [-0.1, -0.05) is 48.5 Å². The molecule has 1 saturated heterocycles. The Morgan fingerprint density at radius 2 is 1.76 bits per heavy atom. The number of ether oxygens (including phenoxy) is 1. The minimum atomic E-state index is -3.41. The Hall–Kier alpha value is -2.95. The molecule has 0 saturated carbocycles. The van der Waals surface area contributed by atoms with Gasteiger partial charge in [0.25, 0.3) is 0 Å². The van der Waals surface area contributed by atoms with Crippen molar-refractivity contribution in [2.75, 3.05) is 31.3 Å². The average molecular weight is 529 g/mol. The lowest BCUT2D eigenvalue weighted by Crippen LogP contribution is -2.60. The van der Waals surface area contributed by atoms with Gasteiger partial charge in [0, 0.05) is 30.4 Å². The number of carbonyl (C=O) groups excluding carboxylic acids is 2. The molecule has 2 aromatic rings. The smallest absolute Gasteiger partial charge is 0.247 e. The molecule has 9 nitrogen and oxygen atoms in total. The topological polar surface area (TPSA) is 131 Å². The van der Waals surface area contributed by atoms with E-state index in [9.17, 15) is 18.0 Å². The maximum Gasteiger partial charge on any atom is 0.247 e. The summed E-state index contributed by atoms with van der Waals surface area (Å²) >= 11 is 0. The van der Waals surface area contributed by atoms with Gasteiger partial charge in [-0.25, -0.2) is 8.42 Å². The van der Waals surface area contributed by atoms with Crippen LogP contribution in [0.2, 0.25) is 0 Å². The summed E-state index contributed by atoms with van der Waals surface area (Å²) in [4.78, 5) is 27.9. The molecule has 0 aliphatic carbocycles. The summed E-state index contributed by atoms with van der Waals surface area (Å²) in [6.07, 6.45) is 2.21. The van der Waals surface area contributed by atoms with Crippen LogP contribution in [-0.4, -0.2) is 68.0 Å². The van der Waals surface area contributed by atoms with E-state index in [0.717, 1.165) is 16.8 Å². The molecule has 2 aliphatic rings. The van der Waals surface area contributed by atoms with Crippen molar-refractivity contribution < 1.29 is 22.7 Å². The molecule has 2 aromatic carbocycles. The third kappa shape index (κ3) is 5.81. The van der Waals surface area contributed by atoms with E-state index in [1.165, 1.54) is 6.26 Å². The monoisotopic (exact) mass is 528 g/mol. The summed E-state index contributed by atoms with van der Waals surface area (Å²) in [7, 11) is -3.41. The number of carbonyl (C=O) groups is 2. The van der Waals surface area contributed by atoms with Crippen molar-refractivity contribution in [3.8, 4) is 0 Å². The minimum Gasteiger partial charge on any atom is -0.374 e. The van der Waals surface area contributed by atoms with Crippen LogP contribution >= 0.6 is 0 Å². The molecule has 2 atom stereocenters. The highest BCUT2D eigenvalue weighted by atomic mass is 32.2. The van der Waals surface area contributed by atoms with Gasteiger partial charge in [-0.2, -0.15) is 0 Å². The second kappa shape index (κ2) is 10.4. The summed E-state index contributed by atoms with van der Waals surface area (Å²) in [6, 6.07) is 16.3. The predicted octanol–water partition coefficient (Wildman–Crippen LogP) is 1.78. The summed E-state index contributed by atoms with van der Waals surface area (Å²) in [5.41, 5.74) is 6.93. The van der Waals surface area contributed by atoms with E-state index >= 15 is 0 Å². The van der Waals surface area contributed by atoms with Gasteiger partial charge in [0.1, 0.15) is 11.4 Å². The third-order valence-electron chi connectivity index (χ3n) is 7.23. The van der Waals surface area contributed by atoms with E-state index in [4.69, 9.17) is 10.5 Å². The van der Waals surface area contributed by atoms with Crippen LogP contribution < -0.4 is 16.4 Å². The number of amides is 2. The van der Waals surface area contributed by atoms with E-state index in [1.54, 1.807) is 18.7 Å². The number of hydrogen-bond donors (Lipinski definition) is 3. The van der Waals surface area contributed by atoms with E-state index in [0.29, 0.717) is 32.5 Å². The number of piperidine rings is 1. The van der Waals surface area contributed by atoms with Crippen LogP contribution in [0.5, 0.6) is 0 Å². The molecule has 0 radical (unpaired) electrons. The van der Waals surface area contributed by atoms with E-state index in [2.05, 4.69) is 10.6 Å². The fourth-order valence-electron chi connectivity index (χ4n) is 5.25. The van der Waals surface area contributed by atoms with Crippen molar-refractivity contribution in [2.45, 2.75) is 55.7 Å². The first kappa shape index (κ1) is 27.1. The van der Waals surface area contributed by atoms with Gasteiger partial charge >= 0.3 is 0 Å². The first-order valence-electron chi connectivity index (χ1n) is 12.5. The molecule has 4 rings (SSSR count). The Morgan fingerprint density at radius 3 is 2.38 bits per heavy atom. The van der Waals surface area contributed by atoms with Crippen molar-refractivity contribution in [3.05, 3.63) is 65.7 Å². The molecule has 2 heterocycles. The molecule has 1 fully saturated rings. The zero-order chi connectivity index (χ0) is 26.8. The Balaban J connectivity index is 1.49. The van der Waals surface area contributed by atoms with E-state index in [-0.39, 0.29) is 12.5 Å². The molecular weight excluding hydrogens is 492 g/mol. The normalized spacial score (nSPS) is 19.7.